The molecule has 1 unspecified atom stereocenters. The van der Waals surface area contributed by atoms with Crippen LogP contribution in [0.3, 0.4) is 0 Å². The van der Waals surface area contributed by atoms with Crippen LogP contribution in [0.15, 0.2) is 4.99 Å². The molecule has 2 aliphatic rings. The SMILES string of the molecule is CC1CCN(C(N)=NC2CCCCC2)C1. The van der Waals surface area contributed by atoms with E-state index in [4.69, 9.17) is 5.73 Å². The van der Waals surface area contributed by atoms with Crippen LogP contribution in [0.5, 0.6) is 0 Å². The zero-order chi connectivity index (χ0) is 10.7. The summed E-state index contributed by atoms with van der Waals surface area (Å²) in [6.07, 6.45) is 7.79. The standard InChI is InChI=1S/C12H23N3/c1-10-7-8-15(9-10)12(13)14-11-5-3-2-4-6-11/h10-11H,2-9H2,1H3,(H2,13,14). The Morgan fingerprint density at radius 2 is 1.93 bits per heavy atom. The van der Waals surface area contributed by atoms with Gasteiger partial charge in [0.1, 0.15) is 0 Å². The van der Waals surface area contributed by atoms with Gasteiger partial charge in [0.15, 0.2) is 5.96 Å². The van der Waals surface area contributed by atoms with Crippen LogP contribution in [0.25, 0.3) is 0 Å². The number of rotatable bonds is 1. The minimum absolute atomic E-state index is 0.509. The second kappa shape index (κ2) is 4.86. The van der Waals surface area contributed by atoms with E-state index < -0.39 is 0 Å². The van der Waals surface area contributed by atoms with Crippen LogP contribution >= 0.6 is 0 Å². The molecule has 1 heterocycles. The summed E-state index contributed by atoms with van der Waals surface area (Å²) in [5, 5.41) is 0. The van der Waals surface area contributed by atoms with Crippen molar-refractivity contribution in [3.63, 3.8) is 0 Å². The first-order valence-electron chi connectivity index (χ1n) is 6.34. The summed E-state index contributed by atoms with van der Waals surface area (Å²) >= 11 is 0. The molecule has 2 N–H and O–H groups in total. The molecular formula is C12H23N3. The molecule has 1 saturated heterocycles. The molecule has 1 aliphatic heterocycles. The molecule has 0 radical (unpaired) electrons. The topological polar surface area (TPSA) is 41.6 Å². The highest BCUT2D eigenvalue weighted by atomic mass is 15.3. The number of nitrogens with two attached hydrogens (primary N) is 1. The first kappa shape index (κ1) is 10.8. The maximum atomic E-state index is 6.05. The molecule has 15 heavy (non-hydrogen) atoms. The zero-order valence-corrected chi connectivity index (χ0v) is 9.78. The third kappa shape index (κ3) is 2.86. The Morgan fingerprint density at radius 1 is 1.20 bits per heavy atom. The molecule has 0 aromatic carbocycles. The van der Waals surface area contributed by atoms with Crippen molar-refractivity contribution in [2.45, 2.75) is 51.5 Å². The van der Waals surface area contributed by atoms with Gasteiger partial charge in [0.2, 0.25) is 0 Å². The molecule has 2 fully saturated rings. The highest BCUT2D eigenvalue weighted by molar-refractivity contribution is 5.78. The Labute approximate surface area is 92.7 Å². The third-order valence-corrected chi connectivity index (χ3v) is 3.64. The number of likely N-dealkylation sites (tertiary alicyclic amines) is 1. The number of hydrogen-bond acceptors (Lipinski definition) is 1. The highest BCUT2D eigenvalue weighted by Crippen LogP contribution is 2.21. The van der Waals surface area contributed by atoms with E-state index in [-0.39, 0.29) is 0 Å². The predicted molar refractivity (Wildman–Crippen MR) is 63.8 cm³/mol. The van der Waals surface area contributed by atoms with Gasteiger partial charge in [-0.05, 0) is 25.2 Å². The molecule has 0 bridgehead atoms. The number of guanidine groups is 1. The summed E-state index contributed by atoms with van der Waals surface area (Å²) in [4.78, 5) is 6.92. The van der Waals surface area contributed by atoms with Gasteiger partial charge in [0, 0.05) is 13.1 Å². The molecule has 1 saturated carbocycles. The molecule has 1 aliphatic carbocycles. The molecular weight excluding hydrogens is 186 g/mol. The monoisotopic (exact) mass is 209 g/mol. The van der Waals surface area contributed by atoms with E-state index in [2.05, 4.69) is 16.8 Å². The van der Waals surface area contributed by atoms with Crippen molar-refractivity contribution in [1.82, 2.24) is 4.90 Å². The van der Waals surface area contributed by atoms with Gasteiger partial charge >= 0.3 is 0 Å². The lowest BCUT2D eigenvalue weighted by Gasteiger charge is -2.22. The molecule has 2 rings (SSSR count). The van der Waals surface area contributed by atoms with Crippen LogP contribution in [0.4, 0.5) is 0 Å². The minimum Gasteiger partial charge on any atom is -0.370 e. The smallest absolute Gasteiger partial charge is 0.191 e. The van der Waals surface area contributed by atoms with Gasteiger partial charge in [0.05, 0.1) is 6.04 Å². The quantitative estimate of drug-likeness (QED) is 0.530. The molecule has 0 amide bonds. The average molecular weight is 209 g/mol. The van der Waals surface area contributed by atoms with Crippen molar-refractivity contribution < 1.29 is 0 Å². The lowest BCUT2D eigenvalue weighted by Crippen LogP contribution is -2.36. The maximum absolute atomic E-state index is 6.05. The van der Waals surface area contributed by atoms with Crippen LogP contribution in [-0.2, 0) is 0 Å². The van der Waals surface area contributed by atoms with Gasteiger partial charge in [-0.3, -0.25) is 0 Å². The molecule has 3 nitrogen and oxygen atoms in total. The molecule has 0 spiro atoms. The van der Waals surface area contributed by atoms with Gasteiger partial charge in [-0.2, -0.15) is 0 Å². The third-order valence-electron chi connectivity index (χ3n) is 3.64. The lowest BCUT2D eigenvalue weighted by atomic mass is 9.96. The van der Waals surface area contributed by atoms with E-state index in [0.29, 0.717) is 6.04 Å². The summed E-state index contributed by atoms with van der Waals surface area (Å²) in [5.74, 6) is 1.58. The van der Waals surface area contributed by atoms with Crippen molar-refractivity contribution in [3.05, 3.63) is 0 Å². The van der Waals surface area contributed by atoms with Crippen LogP contribution in [0.1, 0.15) is 45.4 Å². The summed E-state index contributed by atoms with van der Waals surface area (Å²) in [7, 11) is 0. The van der Waals surface area contributed by atoms with E-state index in [0.717, 1.165) is 25.0 Å². The first-order chi connectivity index (χ1) is 7.25. The largest absolute Gasteiger partial charge is 0.370 e. The number of nitrogens with zero attached hydrogens (tertiary/aromatic N) is 2. The Hall–Kier alpha value is -0.730. The minimum atomic E-state index is 0.509. The normalized spacial score (nSPS) is 29.8. The molecule has 0 aromatic heterocycles. The van der Waals surface area contributed by atoms with E-state index in [1.165, 1.54) is 38.5 Å². The van der Waals surface area contributed by atoms with Gasteiger partial charge in [-0.1, -0.05) is 26.2 Å². The maximum Gasteiger partial charge on any atom is 0.191 e. The van der Waals surface area contributed by atoms with Crippen molar-refractivity contribution in [2.75, 3.05) is 13.1 Å². The molecule has 1 atom stereocenters. The second-order valence-corrected chi connectivity index (χ2v) is 5.12. The average Bonchev–Trinajstić information content (AvgIpc) is 2.66. The van der Waals surface area contributed by atoms with E-state index in [1.807, 2.05) is 0 Å². The lowest BCUT2D eigenvalue weighted by molar-refractivity contribution is 0.428. The Balaban J connectivity index is 1.88. The zero-order valence-electron chi connectivity index (χ0n) is 9.78. The Kier molecular flexibility index (Phi) is 3.49. The Morgan fingerprint density at radius 3 is 2.53 bits per heavy atom. The van der Waals surface area contributed by atoms with Crippen LogP contribution < -0.4 is 5.73 Å². The number of hydrogen-bond donors (Lipinski definition) is 1. The number of aliphatic imine (C=N–C) groups is 1. The Bertz CT molecular complexity index is 231. The van der Waals surface area contributed by atoms with Crippen molar-refractivity contribution >= 4 is 5.96 Å². The van der Waals surface area contributed by atoms with Crippen LogP contribution in [0, 0.1) is 5.92 Å². The van der Waals surface area contributed by atoms with Crippen LogP contribution in [0.2, 0.25) is 0 Å². The summed E-state index contributed by atoms with van der Waals surface area (Å²) < 4.78 is 0. The predicted octanol–water partition coefficient (Wildman–Crippen LogP) is 1.98. The highest BCUT2D eigenvalue weighted by Gasteiger charge is 2.21. The van der Waals surface area contributed by atoms with Crippen molar-refractivity contribution in [2.24, 2.45) is 16.6 Å². The fourth-order valence-corrected chi connectivity index (χ4v) is 2.62. The van der Waals surface area contributed by atoms with E-state index >= 15 is 0 Å². The van der Waals surface area contributed by atoms with E-state index in [9.17, 15) is 0 Å². The van der Waals surface area contributed by atoms with E-state index in [1.54, 1.807) is 0 Å². The molecule has 86 valence electrons. The fourth-order valence-electron chi connectivity index (χ4n) is 2.62. The summed E-state index contributed by atoms with van der Waals surface area (Å²) in [5.41, 5.74) is 6.05. The molecule has 3 heteroatoms. The molecule has 0 aromatic rings. The van der Waals surface area contributed by atoms with Crippen molar-refractivity contribution in [1.29, 1.82) is 0 Å². The first-order valence-corrected chi connectivity index (χ1v) is 6.34. The fraction of sp³-hybridized carbons (Fsp3) is 0.917. The van der Waals surface area contributed by atoms with Gasteiger partial charge < -0.3 is 10.6 Å². The summed E-state index contributed by atoms with van der Waals surface area (Å²) in [6, 6.07) is 0.509. The van der Waals surface area contributed by atoms with Gasteiger partial charge in [-0.25, -0.2) is 4.99 Å². The second-order valence-electron chi connectivity index (χ2n) is 5.12. The van der Waals surface area contributed by atoms with Gasteiger partial charge in [-0.15, -0.1) is 0 Å². The van der Waals surface area contributed by atoms with Crippen LogP contribution in [-0.4, -0.2) is 30.0 Å². The van der Waals surface area contributed by atoms with Crippen molar-refractivity contribution in [3.8, 4) is 0 Å². The van der Waals surface area contributed by atoms with Gasteiger partial charge in [0.25, 0.3) is 0 Å². The summed E-state index contributed by atoms with van der Waals surface area (Å²) in [6.45, 7) is 4.49.